The van der Waals surface area contributed by atoms with Crippen LogP contribution in [0.5, 0.6) is 17.2 Å². The van der Waals surface area contributed by atoms with Gasteiger partial charge in [0, 0.05) is 16.1 Å². The van der Waals surface area contributed by atoms with Crippen molar-refractivity contribution >= 4 is 55.3 Å². The monoisotopic (exact) mass is 791 g/mol. The van der Waals surface area contributed by atoms with Crippen LogP contribution in [0, 0.1) is 11.8 Å². The van der Waals surface area contributed by atoms with Crippen molar-refractivity contribution in [2.45, 2.75) is 26.2 Å². The third kappa shape index (κ3) is 9.69. The summed E-state index contributed by atoms with van der Waals surface area (Å²) in [6.07, 6.45) is 5.03. The van der Waals surface area contributed by atoms with Gasteiger partial charge in [-0.2, -0.15) is 8.42 Å². The second kappa shape index (κ2) is 16.8. The molecule has 264 valence electrons. The topological polar surface area (TPSA) is 109 Å². The quantitative estimate of drug-likeness (QED) is 0.0995. The average molecular weight is 793 g/mol. The van der Waals surface area contributed by atoms with E-state index in [4.69, 9.17) is 34.7 Å². The second-order valence-electron chi connectivity index (χ2n) is 11.7. The van der Waals surface area contributed by atoms with Gasteiger partial charge >= 0.3 is 0 Å². The lowest BCUT2D eigenvalue weighted by Gasteiger charge is -2.35. The number of amides is 1. The summed E-state index contributed by atoms with van der Waals surface area (Å²) in [6.45, 7) is 2.27. The Kier molecular flexibility index (Phi) is 12.0. The summed E-state index contributed by atoms with van der Waals surface area (Å²) in [6, 6.07) is 29.3. The first-order valence-corrected chi connectivity index (χ1v) is 18.9. The third-order valence-electron chi connectivity index (χ3n) is 8.27. The maximum Gasteiger partial charge on any atom is 0.290 e. The van der Waals surface area contributed by atoms with Crippen molar-refractivity contribution in [3.8, 4) is 17.2 Å². The Morgan fingerprint density at radius 2 is 1.73 bits per heavy atom. The molecule has 0 saturated heterocycles. The van der Waals surface area contributed by atoms with Gasteiger partial charge in [-0.05, 0) is 90.7 Å². The highest BCUT2D eigenvalue weighted by molar-refractivity contribution is 9.10. The summed E-state index contributed by atoms with van der Waals surface area (Å²) < 4.78 is 53.7. The average Bonchev–Trinajstić information content (AvgIpc) is 3.56. The van der Waals surface area contributed by atoms with Gasteiger partial charge < -0.3 is 24.3 Å². The molecular weight excluding hydrogens is 758 g/mol. The number of allylic oxidation sites excluding steroid dienone is 1. The molecule has 12 heteroatoms. The molecule has 51 heavy (non-hydrogen) atoms. The molecule has 3 atom stereocenters. The van der Waals surface area contributed by atoms with Crippen LogP contribution in [-0.2, 0) is 35.2 Å². The van der Waals surface area contributed by atoms with E-state index in [-0.39, 0.29) is 31.0 Å². The number of benzene rings is 4. The van der Waals surface area contributed by atoms with Crippen molar-refractivity contribution < 1.29 is 36.3 Å². The zero-order chi connectivity index (χ0) is 35.8. The minimum Gasteiger partial charge on any atom is -0.489 e. The highest BCUT2D eigenvalue weighted by Gasteiger charge is 2.44. The fraction of sp³-hybridized carbons (Fsp3) is 0.205. The third-order valence-corrected chi connectivity index (χ3v) is 10.1. The molecule has 0 saturated carbocycles. The standard InChI is InChI=1S/C39H35BrClNO8S/c1-2-49-51(44,45)21-20-26-8-14-31(15-9-26)46-24-28-10-18-33-34(25-48-39(37(28)33)47-23-27-6-4-3-5-7-27)38(43)42-30-12-16-32(17-13-30)50-36-19-11-29(40)22-35(36)41/h3-17,19-22,25,33,37,39H,2,18,23-24H2,1H3,(H,42,43)/b21-20+/t33-,37-,39-/m1/s1. The van der Waals surface area contributed by atoms with E-state index in [0.717, 1.165) is 21.0 Å². The van der Waals surface area contributed by atoms with Crippen LogP contribution in [0.1, 0.15) is 24.5 Å². The molecule has 1 N–H and O–H groups in total. The molecule has 0 unspecified atom stereocenters. The summed E-state index contributed by atoms with van der Waals surface area (Å²) in [7, 11) is -3.73. The van der Waals surface area contributed by atoms with E-state index in [9.17, 15) is 13.2 Å². The molecule has 4 aromatic carbocycles. The minimum atomic E-state index is -3.73. The summed E-state index contributed by atoms with van der Waals surface area (Å²) in [4.78, 5) is 13.7. The number of hydrogen-bond acceptors (Lipinski definition) is 8. The Balaban J connectivity index is 1.12. The summed E-state index contributed by atoms with van der Waals surface area (Å²) >= 11 is 9.69. The van der Waals surface area contributed by atoms with Crippen LogP contribution in [-0.4, -0.2) is 33.8 Å². The maximum atomic E-state index is 13.7. The van der Waals surface area contributed by atoms with Crippen molar-refractivity contribution in [1.82, 2.24) is 0 Å². The number of rotatable bonds is 14. The van der Waals surface area contributed by atoms with Gasteiger partial charge in [-0.1, -0.05) is 76.1 Å². The van der Waals surface area contributed by atoms with E-state index in [1.165, 1.54) is 12.3 Å². The van der Waals surface area contributed by atoms with Gasteiger partial charge in [0.05, 0.1) is 41.4 Å². The summed E-state index contributed by atoms with van der Waals surface area (Å²) in [5.41, 5.74) is 3.74. The molecule has 0 fully saturated rings. The van der Waals surface area contributed by atoms with E-state index >= 15 is 0 Å². The Hall–Kier alpha value is -4.39. The van der Waals surface area contributed by atoms with Gasteiger partial charge in [0.15, 0.2) is 0 Å². The van der Waals surface area contributed by atoms with Crippen molar-refractivity contribution in [2.75, 3.05) is 18.5 Å². The molecule has 0 aromatic heterocycles. The van der Waals surface area contributed by atoms with Crippen LogP contribution in [0.2, 0.25) is 5.02 Å². The summed E-state index contributed by atoms with van der Waals surface area (Å²) in [5.74, 6) is 0.954. The molecule has 1 heterocycles. The lowest BCUT2D eigenvalue weighted by Crippen LogP contribution is -2.38. The predicted octanol–water partition coefficient (Wildman–Crippen LogP) is 9.27. The number of hydrogen-bond donors (Lipinski definition) is 1. The van der Waals surface area contributed by atoms with E-state index in [0.29, 0.717) is 52.1 Å². The SMILES string of the molecule is CCOS(=O)(=O)/C=C/c1ccc(OCC2=CC[C@@H]3C(C(=O)Nc4ccc(Oc5ccc(Br)cc5Cl)cc4)=CO[C@@H](OCc4ccccc4)[C@H]23)cc1. The van der Waals surface area contributed by atoms with Gasteiger partial charge in [0.25, 0.3) is 16.0 Å². The molecule has 1 aliphatic carbocycles. The van der Waals surface area contributed by atoms with Crippen molar-refractivity contribution in [1.29, 1.82) is 0 Å². The van der Waals surface area contributed by atoms with Crippen molar-refractivity contribution in [2.24, 2.45) is 11.8 Å². The first-order chi connectivity index (χ1) is 24.7. The fourth-order valence-electron chi connectivity index (χ4n) is 5.79. The molecular formula is C39H35BrClNO8S. The van der Waals surface area contributed by atoms with E-state index in [1.807, 2.05) is 36.4 Å². The van der Waals surface area contributed by atoms with E-state index < -0.39 is 16.4 Å². The fourth-order valence-corrected chi connectivity index (χ4v) is 7.23. The Bertz CT molecular complexity index is 2030. The van der Waals surface area contributed by atoms with Crippen LogP contribution in [0.3, 0.4) is 0 Å². The largest absolute Gasteiger partial charge is 0.489 e. The van der Waals surface area contributed by atoms with Crippen LogP contribution in [0.25, 0.3) is 6.08 Å². The molecule has 2 aliphatic rings. The van der Waals surface area contributed by atoms with Crippen molar-refractivity contribution in [3.05, 3.63) is 147 Å². The summed E-state index contributed by atoms with van der Waals surface area (Å²) in [5, 5.41) is 4.49. The van der Waals surface area contributed by atoms with Gasteiger partial charge in [-0.3, -0.25) is 8.98 Å². The Morgan fingerprint density at radius 3 is 2.45 bits per heavy atom. The lowest BCUT2D eigenvalue weighted by molar-refractivity contribution is -0.157. The molecule has 6 rings (SSSR count). The highest BCUT2D eigenvalue weighted by Crippen LogP contribution is 2.44. The first-order valence-electron chi connectivity index (χ1n) is 16.2. The van der Waals surface area contributed by atoms with Crippen molar-refractivity contribution in [3.63, 3.8) is 0 Å². The van der Waals surface area contributed by atoms with Gasteiger partial charge in [0.1, 0.15) is 23.9 Å². The molecule has 4 aromatic rings. The molecule has 1 aliphatic heterocycles. The molecule has 9 nitrogen and oxygen atoms in total. The van der Waals surface area contributed by atoms with Crippen LogP contribution >= 0.6 is 27.5 Å². The zero-order valence-electron chi connectivity index (χ0n) is 27.5. The Labute approximate surface area is 310 Å². The maximum absolute atomic E-state index is 13.7. The van der Waals surface area contributed by atoms with Crippen LogP contribution < -0.4 is 14.8 Å². The number of fused-ring (bicyclic) bond motifs is 1. The minimum absolute atomic E-state index is 0.0661. The van der Waals surface area contributed by atoms with Gasteiger partial charge in [-0.15, -0.1) is 0 Å². The molecule has 1 amide bonds. The molecule has 0 bridgehead atoms. The zero-order valence-corrected chi connectivity index (χ0v) is 30.7. The number of halogens is 2. The number of ether oxygens (including phenoxy) is 4. The normalized spacial score (nSPS) is 18.4. The highest BCUT2D eigenvalue weighted by atomic mass is 79.9. The van der Waals surface area contributed by atoms with Crippen LogP contribution in [0.4, 0.5) is 5.69 Å². The molecule has 0 radical (unpaired) electrons. The van der Waals surface area contributed by atoms with Gasteiger partial charge in [-0.25, -0.2) is 0 Å². The Morgan fingerprint density at radius 1 is 0.980 bits per heavy atom. The van der Waals surface area contributed by atoms with Crippen LogP contribution in [0.15, 0.2) is 130 Å². The second-order valence-corrected chi connectivity index (χ2v) is 14.6. The number of nitrogens with one attached hydrogen (secondary N) is 1. The number of anilines is 1. The smallest absolute Gasteiger partial charge is 0.290 e. The van der Waals surface area contributed by atoms with E-state index in [1.54, 1.807) is 67.6 Å². The molecule has 0 spiro atoms. The van der Waals surface area contributed by atoms with Gasteiger partial charge in [0.2, 0.25) is 6.29 Å². The number of carbonyl (C=O) groups is 1. The van der Waals surface area contributed by atoms with E-state index in [2.05, 4.69) is 27.3 Å². The lowest BCUT2D eigenvalue weighted by atomic mass is 9.83. The number of carbonyl (C=O) groups excluding carboxylic acids is 1. The first kappa shape index (κ1) is 36.4. The predicted molar refractivity (Wildman–Crippen MR) is 200 cm³/mol.